The average molecular weight is 208 g/mol. The molecule has 0 amide bonds. The highest BCUT2D eigenvalue weighted by molar-refractivity contribution is 5.07. The van der Waals surface area contributed by atoms with Crippen LogP contribution < -0.4 is 0 Å². The number of nitrogens with zero attached hydrogens (tertiary/aromatic N) is 2. The van der Waals surface area contributed by atoms with Gasteiger partial charge >= 0.3 is 0 Å². The number of ether oxygens (including phenoxy) is 1. The Balaban J connectivity index is 1.91. The molecule has 0 unspecified atom stereocenters. The Kier molecular flexibility index (Phi) is 3.80. The summed E-state index contributed by atoms with van der Waals surface area (Å²) in [5.41, 5.74) is 1.41. The second-order valence-corrected chi connectivity index (χ2v) is 4.17. The lowest BCUT2D eigenvalue weighted by Crippen LogP contribution is -2.21. The lowest BCUT2D eigenvalue weighted by Gasteiger charge is -2.16. The molecule has 1 fully saturated rings. The number of aromatic nitrogens is 1. The van der Waals surface area contributed by atoms with Crippen LogP contribution in [0.1, 0.15) is 18.5 Å². The molecule has 1 aliphatic heterocycles. The molecular weight excluding hydrogens is 188 g/mol. The third-order valence-electron chi connectivity index (χ3n) is 3.04. The highest BCUT2D eigenvalue weighted by Gasteiger charge is 2.13. The minimum absolute atomic E-state index is 0.793. The van der Waals surface area contributed by atoms with Gasteiger partial charge in [0.2, 0.25) is 0 Å². The van der Waals surface area contributed by atoms with Gasteiger partial charge in [0.25, 0.3) is 0 Å². The standard InChI is InChI=1S/C12H20N2O/c1-15-10-9-14-8-4-5-12(14)11-13-6-2-3-7-13/h4-5,8H,2-3,6-7,9-11H2,1H3. The van der Waals surface area contributed by atoms with Gasteiger partial charge in [-0.25, -0.2) is 0 Å². The van der Waals surface area contributed by atoms with E-state index in [0.717, 1.165) is 19.7 Å². The molecule has 0 N–H and O–H groups in total. The molecule has 84 valence electrons. The lowest BCUT2D eigenvalue weighted by molar-refractivity contribution is 0.185. The Morgan fingerprint density at radius 1 is 1.33 bits per heavy atom. The molecule has 1 aliphatic rings. The van der Waals surface area contributed by atoms with Crippen LogP contribution in [-0.2, 0) is 17.8 Å². The minimum Gasteiger partial charge on any atom is -0.383 e. The zero-order chi connectivity index (χ0) is 10.5. The fourth-order valence-electron chi connectivity index (χ4n) is 2.17. The topological polar surface area (TPSA) is 17.4 Å². The Hall–Kier alpha value is -0.800. The van der Waals surface area contributed by atoms with Gasteiger partial charge in [-0.2, -0.15) is 0 Å². The summed E-state index contributed by atoms with van der Waals surface area (Å²) in [6.07, 6.45) is 4.86. The summed E-state index contributed by atoms with van der Waals surface area (Å²) in [5, 5.41) is 0. The molecule has 3 heteroatoms. The van der Waals surface area contributed by atoms with E-state index < -0.39 is 0 Å². The van der Waals surface area contributed by atoms with Gasteiger partial charge < -0.3 is 9.30 Å². The fraction of sp³-hybridized carbons (Fsp3) is 0.667. The molecular formula is C12H20N2O. The van der Waals surface area contributed by atoms with Gasteiger partial charge in [-0.3, -0.25) is 4.90 Å². The van der Waals surface area contributed by atoms with Crippen molar-refractivity contribution in [3.8, 4) is 0 Å². The summed E-state index contributed by atoms with van der Waals surface area (Å²) in [6.45, 7) is 5.37. The monoisotopic (exact) mass is 208 g/mol. The third-order valence-corrected chi connectivity index (χ3v) is 3.04. The van der Waals surface area contributed by atoms with Crippen LogP contribution in [-0.4, -0.2) is 36.3 Å². The van der Waals surface area contributed by atoms with E-state index in [4.69, 9.17) is 4.74 Å². The van der Waals surface area contributed by atoms with Crippen molar-refractivity contribution in [1.29, 1.82) is 0 Å². The maximum atomic E-state index is 5.11. The van der Waals surface area contributed by atoms with Crippen LogP contribution in [0.3, 0.4) is 0 Å². The maximum Gasteiger partial charge on any atom is 0.0641 e. The summed E-state index contributed by atoms with van der Waals surface area (Å²) in [5.74, 6) is 0. The Labute approximate surface area is 91.6 Å². The van der Waals surface area contributed by atoms with Gasteiger partial charge in [-0.1, -0.05) is 0 Å². The zero-order valence-electron chi connectivity index (χ0n) is 9.48. The van der Waals surface area contributed by atoms with Crippen molar-refractivity contribution in [3.05, 3.63) is 24.0 Å². The van der Waals surface area contributed by atoms with Crippen LogP contribution in [0.25, 0.3) is 0 Å². The minimum atomic E-state index is 0.793. The second kappa shape index (κ2) is 5.33. The van der Waals surface area contributed by atoms with E-state index >= 15 is 0 Å². The van der Waals surface area contributed by atoms with Gasteiger partial charge in [0.1, 0.15) is 0 Å². The van der Waals surface area contributed by atoms with Gasteiger partial charge in [-0.05, 0) is 38.1 Å². The van der Waals surface area contributed by atoms with E-state index in [1.54, 1.807) is 7.11 Å². The van der Waals surface area contributed by atoms with Crippen LogP contribution in [0.15, 0.2) is 18.3 Å². The maximum absolute atomic E-state index is 5.11. The first-order valence-corrected chi connectivity index (χ1v) is 5.75. The second-order valence-electron chi connectivity index (χ2n) is 4.17. The zero-order valence-corrected chi connectivity index (χ0v) is 9.48. The van der Waals surface area contributed by atoms with Crippen LogP contribution in [0, 0.1) is 0 Å². The van der Waals surface area contributed by atoms with E-state index in [2.05, 4.69) is 27.8 Å². The predicted molar refractivity (Wildman–Crippen MR) is 60.8 cm³/mol. The predicted octanol–water partition coefficient (Wildman–Crippen LogP) is 1.73. The summed E-state index contributed by atoms with van der Waals surface area (Å²) in [4.78, 5) is 2.53. The summed E-state index contributed by atoms with van der Waals surface area (Å²) in [6, 6.07) is 4.34. The first-order valence-electron chi connectivity index (χ1n) is 5.75. The molecule has 1 saturated heterocycles. The highest BCUT2D eigenvalue weighted by Crippen LogP contribution is 2.13. The molecule has 3 nitrogen and oxygen atoms in total. The first-order chi connectivity index (χ1) is 7.40. The van der Waals surface area contributed by atoms with Gasteiger partial charge in [0.05, 0.1) is 6.61 Å². The number of rotatable bonds is 5. The van der Waals surface area contributed by atoms with E-state index in [-0.39, 0.29) is 0 Å². The van der Waals surface area contributed by atoms with Crippen LogP contribution in [0.5, 0.6) is 0 Å². The highest BCUT2D eigenvalue weighted by atomic mass is 16.5. The largest absolute Gasteiger partial charge is 0.383 e. The number of likely N-dealkylation sites (tertiary alicyclic amines) is 1. The number of hydrogen-bond acceptors (Lipinski definition) is 2. The van der Waals surface area contributed by atoms with E-state index in [9.17, 15) is 0 Å². The first kappa shape index (κ1) is 10.7. The lowest BCUT2D eigenvalue weighted by atomic mass is 10.4. The molecule has 0 atom stereocenters. The molecule has 2 heterocycles. The molecule has 0 saturated carbocycles. The van der Waals surface area contributed by atoms with Crippen LogP contribution in [0.2, 0.25) is 0 Å². The Morgan fingerprint density at radius 2 is 2.13 bits per heavy atom. The summed E-state index contributed by atoms with van der Waals surface area (Å²) in [7, 11) is 1.75. The SMILES string of the molecule is COCCn1cccc1CN1CCCC1. The van der Waals surface area contributed by atoms with Crippen molar-refractivity contribution >= 4 is 0 Å². The molecule has 0 radical (unpaired) electrons. The van der Waals surface area contributed by atoms with Crippen LogP contribution >= 0.6 is 0 Å². The van der Waals surface area contributed by atoms with E-state index in [1.165, 1.54) is 31.6 Å². The van der Waals surface area contributed by atoms with Crippen molar-refractivity contribution in [2.45, 2.75) is 25.9 Å². The number of methoxy groups -OCH3 is 1. The third kappa shape index (κ3) is 2.83. The van der Waals surface area contributed by atoms with Crippen molar-refractivity contribution in [3.63, 3.8) is 0 Å². The molecule has 1 aromatic rings. The van der Waals surface area contributed by atoms with Crippen molar-refractivity contribution in [1.82, 2.24) is 9.47 Å². The summed E-state index contributed by atoms with van der Waals surface area (Å²) < 4.78 is 7.40. The molecule has 0 aromatic carbocycles. The van der Waals surface area contributed by atoms with Gasteiger partial charge in [-0.15, -0.1) is 0 Å². The Bertz CT molecular complexity index is 290. The smallest absolute Gasteiger partial charge is 0.0641 e. The quantitative estimate of drug-likeness (QED) is 0.733. The van der Waals surface area contributed by atoms with Gasteiger partial charge in [0.15, 0.2) is 0 Å². The van der Waals surface area contributed by atoms with E-state index in [0.29, 0.717) is 0 Å². The normalized spacial score (nSPS) is 17.4. The summed E-state index contributed by atoms with van der Waals surface area (Å²) >= 11 is 0. The molecule has 0 spiro atoms. The van der Waals surface area contributed by atoms with E-state index in [1.807, 2.05) is 0 Å². The Morgan fingerprint density at radius 3 is 2.87 bits per heavy atom. The number of hydrogen-bond donors (Lipinski definition) is 0. The molecule has 0 bridgehead atoms. The van der Waals surface area contributed by atoms with Gasteiger partial charge in [0, 0.05) is 32.1 Å². The average Bonchev–Trinajstić information content (AvgIpc) is 2.87. The fourth-order valence-corrected chi connectivity index (χ4v) is 2.17. The van der Waals surface area contributed by atoms with Crippen molar-refractivity contribution < 1.29 is 4.74 Å². The molecule has 1 aromatic heterocycles. The molecule has 0 aliphatic carbocycles. The van der Waals surface area contributed by atoms with Crippen LogP contribution in [0.4, 0.5) is 0 Å². The van der Waals surface area contributed by atoms with Crippen molar-refractivity contribution in [2.75, 3.05) is 26.8 Å². The molecule has 15 heavy (non-hydrogen) atoms. The van der Waals surface area contributed by atoms with Crippen molar-refractivity contribution in [2.24, 2.45) is 0 Å². The molecule has 2 rings (SSSR count).